The highest BCUT2D eigenvalue weighted by atomic mass is 16.5. The topological polar surface area (TPSA) is 24.5 Å². The fourth-order valence-corrected chi connectivity index (χ4v) is 3.08. The molecule has 0 radical (unpaired) electrons. The molecule has 0 saturated heterocycles. The van der Waals surface area contributed by atoms with Crippen LogP contribution in [-0.4, -0.2) is 37.7 Å². The molecule has 1 N–H and O–H groups in total. The van der Waals surface area contributed by atoms with Crippen LogP contribution in [0.4, 0.5) is 0 Å². The quantitative estimate of drug-likeness (QED) is 0.864. The molecule has 0 bridgehead atoms. The molecule has 20 heavy (non-hydrogen) atoms. The van der Waals surface area contributed by atoms with Gasteiger partial charge in [0.2, 0.25) is 0 Å². The molecule has 1 atom stereocenters. The van der Waals surface area contributed by atoms with Gasteiger partial charge in [-0.25, -0.2) is 0 Å². The molecule has 0 aromatic heterocycles. The number of rotatable bonds is 6. The zero-order valence-electron chi connectivity index (χ0n) is 13.3. The third kappa shape index (κ3) is 3.53. The van der Waals surface area contributed by atoms with Crippen LogP contribution in [0.1, 0.15) is 43.0 Å². The number of ether oxygens (including phenoxy) is 1. The van der Waals surface area contributed by atoms with Crippen molar-refractivity contribution < 1.29 is 4.74 Å². The van der Waals surface area contributed by atoms with Gasteiger partial charge in [0.1, 0.15) is 5.75 Å². The summed E-state index contributed by atoms with van der Waals surface area (Å²) in [4.78, 5) is 2.45. The molecule has 0 amide bonds. The molecule has 1 aromatic carbocycles. The number of nitrogens with one attached hydrogen (secondary N) is 1. The van der Waals surface area contributed by atoms with Crippen LogP contribution in [0.25, 0.3) is 0 Å². The summed E-state index contributed by atoms with van der Waals surface area (Å²) in [5.41, 5.74) is 3.99. The highest BCUT2D eigenvalue weighted by molar-refractivity contribution is 5.46. The molecule has 1 aliphatic heterocycles. The molecular weight excluding hydrogens is 248 g/mol. The molecule has 3 nitrogen and oxygen atoms in total. The Morgan fingerprint density at radius 3 is 2.70 bits per heavy atom. The predicted octanol–water partition coefficient (Wildman–Crippen LogP) is 3.06. The van der Waals surface area contributed by atoms with Gasteiger partial charge >= 0.3 is 0 Å². The Morgan fingerprint density at radius 1 is 1.25 bits per heavy atom. The third-order valence-electron chi connectivity index (χ3n) is 4.22. The van der Waals surface area contributed by atoms with E-state index in [0.717, 1.165) is 45.0 Å². The summed E-state index contributed by atoms with van der Waals surface area (Å²) in [6.45, 7) is 14.0. The monoisotopic (exact) mass is 276 g/mol. The van der Waals surface area contributed by atoms with Gasteiger partial charge < -0.3 is 15.0 Å². The van der Waals surface area contributed by atoms with Gasteiger partial charge in [-0.15, -0.1) is 0 Å². The SMILES string of the molecule is CCN(CC)CCNC1CCOc2cc(C)cc(C)c21. The van der Waals surface area contributed by atoms with Gasteiger partial charge in [-0.2, -0.15) is 0 Å². The number of hydrogen-bond donors (Lipinski definition) is 1. The minimum atomic E-state index is 0.440. The zero-order chi connectivity index (χ0) is 14.5. The first-order valence-electron chi connectivity index (χ1n) is 7.85. The fraction of sp³-hybridized carbons (Fsp3) is 0.647. The van der Waals surface area contributed by atoms with E-state index in [-0.39, 0.29) is 0 Å². The Bertz CT molecular complexity index is 441. The molecule has 1 heterocycles. The maximum atomic E-state index is 5.83. The Morgan fingerprint density at radius 2 is 2.00 bits per heavy atom. The first-order valence-corrected chi connectivity index (χ1v) is 7.85. The average molecular weight is 276 g/mol. The summed E-state index contributed by atoms with van der Waals surface area (Å²) in [5, 5.41) is 3.72. The predicted molar refractivity (Wildman–Crippen MR) is 84.6 cm³/mol. The lowest BCUT2D eigenvalue weighted by molar-refractivity contribution is 0.242. The maximum absolute atomic E-state index is 5.83. The molecular formula is C17H28N2O. The molecule has 3 heteroatoms. The first-order chi connectivity index (χ1) is 9.65. The van der Waals surface area contributed by atoms with Crippen LogP contribution < -0.4 is 10.1 Å². The molecule has 112 valence electrons. The lowest BCUT2D eigenvalue weighted by Crippen LogP contribution is -2.35. The summed E-state index contributed by atoms with van der Waals surface area (Å²) in [6.07, 6.45) is 1.06. The Balaban J connectivity index is 2.02. The lowest BCUT2D eigenvalue weighted by atomic mass is 9.94. The lowest BCUT2D eigenvalue weighted by Gasteiger charge is -2.29. The Hall–Kier alpha value is -1.06. The Kier molecular flexibility index (Phi) is 5.44. The van der Waals surface area contributed by atoms with E-state index in [1.54, 1.807) is 0 Å². The van der Waals surface area contributed by atoms with Crippen molar-refractivity contribution in [3.05, 3.63) is 28.8 Å². The minimum absolute atomic E-state index is 0.440. The van der Waals surface area contributed by atoms with E-state index in [1.165, 1.54) is 16.7 Å². The van der Waals surface area contributed by atoms with Crippen molar-refractivity contribution in [2.24, 2.45) is 0 Å². The fourth-order valence-electron chi connectivity index (χ4n) is 3.08. The number of likely N-dealkylation sites (N-methyl/N-ethyl adjacent to an activating group) is 1. The van der Waals surface area contributed by atoms with Gasteiger partial charge in [0.05, 0.1) is 6.61 Å². The third-order valence-corrected chi connectivity index (χ3v) is 4.22. The van der Waals surface area contributed by atoms with Crippen LogP contribution in [0.5, 0.6) is 5.75 Å². The number of nitrogens with zero attached hydrogens (tertiary/aromatic N) is 1. The van der Waals surface area contributed by atoms with Crippen LogP contribution in [-0.2, 0) is 0 Å². The zero-order valence-corrected chi connectivity index (χ0v) is 13.3. The van der Waals surface area contributed by atoms with Gasteiger partial charge in [0.15, 0.2) is 0 Å². The van der Waals surface area contributed by atoms with Gasteiger partial charge in [-0.1, -0.05) is 19.9 Å². The molecule has 0 spiro atoms. The number of fused-ring (bicyclic) bond motifs is 1. The van der Waals surface area contributed by atoms with Crippen LogP contribution >= 0.6 is 0 Å². The van der Waals surface area contributed by atoms with Gasteiger partial charge in [-0.05, 0) is 44.1 Å². The number of aryl methyl sites for hydroxylation is 2. The minimum Gasteiger partial charge on any atom is -0.493 e. The highest BCUT2D eigenvalue weighted by Crippen LogP contribution is 2.35. The van der Waals surface area contributed by atoms with E-state index in [9.17, 15) is 0 Å². The smallest absolute Gasteiger partial charge is 0.124 e. The van der Waals surface area contributed by atoms with Gasteiger partial charge in [0.25, 0.3) is 0 Å². The van der Waals surface area contributed by atoms with Crippen molar-refractivity contribution in [1.29, 1.82) is 0 Å². The summed E-state index contributed by atoms with van der Waals surface area (Å²) in [7, 11) is 0. The molecule has 0 saturated carbocycles. The summed E-state index contributed by atoms with van der Waals surface area (Å²) in [5.74, 6) is 1.08. The summed E-state index contributed by atoms with van der Waals surface area (Å²) >= 11 is 0. The van der Waals surface area contributed by atoms with Crippen LogP contribution in [0, 0.1) is 13.8 Å². The second kappa shape index (κ2) is 7.09. The normalized spacial score (nSPS) is 17.9. The second-order valence-electron chi connectivity index (χ2n) is 5.66. The summed E-state index contributed by atoms with van der Waals surface area (Å²) < 4.78 is 5.83. The molecule has 1 aliphatic rings. The van der Waals surface area contributed by atoms with Crippen LogP contribution in [0.3, 0.4) is 0 Å². The second-order valence-corrected chi connectivity index (χ2v) is 5.66. The molecule has 0 aliphatic carbocycles. The maximum Gasteiger partial charge on any atom is 0.124 e. The van der Waals surface area contributed by atoms with E-state index in [0.29, 0.717) is 6.04 Å². The van der Waals surface area contributed by atoms with Crippen LogP contribution in [0.2, 0.25) is 0 Å². The molecule has 2 rings (SSSR count). The number of benzene rings is 1. The van der Waals surface area contributed by atoms with E-state index < -0.39 is 0 Å². The van der Waals surface area contributed by atoms with E-state index >= 15 is 0 Å². The van der Waals surface area contributed by atoms with Crippen molar-refractivity contribution >= 4 is 0 Å². The number of hydrogen-bond acceptors (Lipinski definition) is 3. The molecule has 1 unspecified atom stereocenters. The van der Waals surface area contributed by atoms with Gasteiger partial charge in [0, 0.05) is 31.1 Å². The van der Waals surface area contributed by atoms with Crippen molar-refractivity contribution in [2.45, 2.75) is 40.2 Å². The first kappa shape index (κ1) is 15.3. The Labute approximate surface area is 123 Å². The van der Waals surface area contributed by atoms with E-state index in [4.69, 9.17) is 4.74 Å². The van der Waals surface area contributed by atoms with Crippen molar-refractivity contribution in [3.63, 3.8) is 0 Å². The van der Waals surface area contributed by atoms with Crippen LogP contribution in [0.15, 0.2) is 12.1 Å². The standard InChI is InChI=1S/C17H28N2O/c1-5-19(6-2)9-8-18-15-7-10-20-16-12-13(3)11-14(4)17(15)16/h11-12,15,18H,5-10H2,1-4H3. The van der Waals surface area contributed by atoms with Crippen molar-refractivity contribution in [3.8, 4) is 5.75 Å². The van der Waals surface area contributed by atoms with Crippen molar-refractivity contribution in [1.82, 2.24) is 10.2 Å². The molecule has 0 fully saturated rings. The summed E-state index contributed by atoms with van der Waals surface area (Å²) in [6, 6.07) is 4.86. The molecule has 1 aromatic rings. The highest BCUT2D eigenvalue weighted by Gasteiger charge is 2.23. The largest absolute Gasteiger partial charge is 0.493 e. The van der Waals surface area contributed by atoms with Gasteiger partial charge in [-0.3, -0.25) is 0 Å². The van der Waals surface area contributed by atoms with Crippen molar-refractivity contribution in [2.75, 3.05) is 32.8 Å². The van der Waals surface area contributed by atoms with E-state index in [2.05, 4.69) is 50.0 Å². The van der Waals surface area contributed by atoms with E-state index in [1.807, 2.05) is 0 Å². The average Bonchev–Trinajstić information content (AvgIpc) is 2.43.